The summed E-state index contributed by atoms with van der Waals surface area (Å²) < 4.78 is 27.4. The van der Waals surface area contributed by atoms with Gasteiger partial charge in [0.25, 0.3) is 0 Å². The van der Waals surface area contributed by atoms with Crippen molar-refractivity contribution < 1.29 is 13.9 Å². The zero-order chi connectivity index (χ0) is 22.3. The van der Waals surface area contributed by atoms with Gasteiger partial charge in [0.1, 0.15) is 11.6 Å². The number of ether oxygens (including phenoxy) is 2. The maximum Gasteiger partial charge on any atom is 0.180 e. The molecule has 0 saturated carbocycles. The Morgan fingerprint density at radius 1 is 0.788 bits per heavy atom. The van der Waals surface area contributed by atoms with Crippen molar-refractivity contribution in [2.45, 2.75) is 5.60 Å². The number of nitrogens with zero attached hydrogens (tertiary/aromatic N) is 1. The first kappa shape index (κ1) is 20.0. The van der Waals surface area contributed by atoms with Gasteiger partial charge in [-0.2, -0.15) is 0 Å². The van der Waals surface area contributed by atoms with E-state index >= 15 is 4.39 Å². The summed E-state index contributed by atoms with van der Waals surface area (Å²) >= 11 is 0. The van der Waals surface area contributed by atoms with Crippen LogP contribution in [0.2, 0.25) is 0 Å². The number of benzene rings is 4. The molecule has 0 bridgehead atoms. The van der Waals surface area contributed by atoms with Gasteiger partial charge in [0.2, 0.25) is 0 Å². The largest absolute Gasteiger partial charge is 0.473 e. The van der Waals surface area contributed by atoms with Gasteiger partial charge in [0, 0.05) is 35.5 Å². The number of rotatable bonds is 3. The maximum atomic E-state index is 15.2. The van der Waals surface area contributed by atoms with Crippen LogP contribution in [0.25, 0.3) is 16.8 Å². The van der Waals surface area contributed by atoms with Crippen molar-refractivity contribution in [2.24, 2.45) is 0 Å². The third-order valence-electron chi connectivity index (χ3n) is 6.63. The molecule has 3 nitrogen and oxygen atoms in total. The first-order valence-electron chi connectivity index (χ1n) is 11.3. The Balaban J connectivity index is 1.48. The predicted molar refractivity (Wildman–Crippen MR) is 130 cm³/mol. The predicted octanol–water partition coefficient (Wildman–Crippen LogP) is 6.16. The molecule has 0 spiro atoms. The molecule has 33 heavy (non-hydrogen) atoms. The van der Waals surface area contributed by atoms with E-state index < -0.39 is 5.60 Å². The number of morpholine rings is 1. The van der Waals surface area contributed by atoms with Crippen LogP contribution in [0.15, 0.2) is 91.0 Å². The minimum Gasteiger partial charge on any atom is -0.473 e. The maximum absolute atomic E-state index is 15.2. The number of anilines is 1. The van der Waals surface area contributed by atoms with Gasteiger partial charge in [-0.05, 0) is 47.2 Å². The van der Waals surface area contributed by atoms with E-state index in [0.717, 1.165) is 59.6 Å². The average Bonchev–Trinajstić information content (AvgIpc) is 2.89. The van der Waals surface area contributed by atoms with E-state index in [9.17, 15) is 0 Å². The molecule has 4 aromatic carbocycles. The molecule has 1 atom stereocenters. The van der Waals surface area contributed by atoms with Crippen LogP contribution in [0.1, 0.15) is 16.7 Å². The topological polar surface area (TPSA) is 21.7 Å². The van der Waals surface area contributed by atoms with Crippen LogP contribution in [-0.2, 0) is 10.3 Å². The van der Waals surface area contributed by atoms with Gasteiger partial charge in [0.15, 0.2) is 5.60 Å². The van der Waals surface area contributed by atoms with Crippen molar-refractivity contribution in [3.63, 3.8) is 0 Å². The number of halogens is 1. The van der Waals surface area contributed by atoms with Crippen LogP contribution in [0.3, 0.4) is 0 Å². The Morgan fingerprint density at radius 2 is 1.55 bits per heavy atom. The lowest BCUT2D eigenvalue weighted by molar-refractivity contribution is 0.122. The summed E-state index contributed by atoms with van der Waals surface area (Å²) in [6.07, 6.45) is 4.06. The summed E-state index contributed by atoms with van der Waals surface area (Å²) in [7, 11) is 0. The molecule has 0 N–H and O–H groups in total. The van der Waals surface area contributed by atoms with E-state index in [-0.39, 0.29) is 5.82 Å². The molecule has 0 aliphatic carbocycles. The second kappa shape index (κ2) is 8.05. The van der Waals surface area contributed by atoms with E-state index in [2.05, 4.69) is 41.3 Å². The standard InChI is InChI=1S/C29H24FNO2/c30-27-8-4-3-7-26(27)29(22-10-12-23(13-11-22)31-17-19-32-20-18-31)16-15-25-24-6-2-1-5-21(24)9-14-28(25)33-29/h1-16H,17-20H2. The average molecular weight is 438 g/mol. The van der Waals surface area contributed by atoms with Crippen LogP contribution < -0.4 is 9.64 Å². The molecule has 1 saturated heterocycles. The minimum atomic E-state index is -1.05. The molecule has 4 heteroatoms. The van der Waals surface area contributed by atoms with Crippen molar-refractivity contribution in [1.82, 2.24) is 0 Å². The Bertz CT molecular complexity index is 1340. The highest BCUT2D eigenvalue weighted by atomic mass is 19.1. The van der Waals surface area contributed by atoms with E-state index in [1.54, 1.807) is 6.07 Å². The Kier molecular flexibility index (Phi) is 4.88. The van der Waals surface area contributed by atoms with Gasteiger partial charge in [-0.15, -0.1) is 0 Å². The van der Waals surface area contributed by atoms with Crippen LogP contribution >= 0.6 is 0 Å². The first-order valence-corrected chi connectivity index (χ1v) is 11.3. The van der Waals surface area contributed by atoms with Crippen LogP contribution in [0.4, 0.5) is 10.1 Å². The zero-order valence-electron chi connectivity index (χ0n) is 18.2. The summed E-state index contributed by atoms with van der Waals surface area (Å²) in [6, 6.07) is 27.4. The summed E-state index contributed by atoms with van der Waals surface area (Å²) in [5, 5.41) is 2.27. The highest BCUT2D eigenvalue weighted by molar-refractivity contribution is 5.94. The normalized spacial score (nSPS) is 19.8. The molecule has 0 aromatic heterocycles. The van der Waals surface area contributed by atoms with Crippen molar-refractivity contribution in [1.29, 1.82) is 0 Å². The fraction of sp³-hybridized carbons (Fsp3) is 0.172. The Hall–Kier alpha value is -3.63. The molecule has 2 aliphatic heterocycles. The monoisotopic (exact) mass is 437 g/mol. The number of hydrogen-bond acceptors (Lipinski definition) is 3. The zero-order valence-corrected chi connectivity index (χ0v) is 18.2. The molecular weight excluding hydrogens is 413 g/mol. The van der Waals surface area contributed by atoms with E-state index in [1.807, 2.05) is 48.5 Å². The summed E-state index contributed by atoms with van der Waals surface area (Å²) in [6.45, 7) is 3.21. The van der Waals surface area contributed by atoms with Gasteiger partial charge >= 0.3 is 0 Å². The van der Waals surface area contributed by atoms with Gasteiger partial charge in [-0.25, -0.2) is 4.39 Å². The van der Waals surface area contributed by atoms with Crippen molar-refractivity contribution in [3.8, 4) is 5.75 Å². The number of hydrogen-bond donors (Lipinski definition) is 0. The van der Waals surface area contributed by atoms with Crippen molar-refractivity contribution in [3.05, 3.63) is 114 Å². The molecular formula is C29H24FNO2. The van der Waals surface area contributed by atoms with Gasteiger partial charge in [0.05, 0.1) is 13.2 Å². The lowest BCUT2D eigenvalue weighted by Gasteiger charge is -2.37. The third-order valence-corrected chi connectivity index (χ3v) is 6.63. The van der Waals surface area contributed by atoms with Crippen molar-refractivity contribution in [2.75, 3.05) is 31.2 Å². The summed E-state index contributed by atoms with van der Waals surface area (Å²) in [5.74, 6) is 0.459. The lowest BCUT2D eigenvalue weighted by Crippen LogP contribution is -2.37. The van der Waals surface area contributed by atoms with E-state index in [1.165, 1.54) is 6.07 Å². The second-order valence-electron chi connectivity index (χ2n) is 8.50. The first-order chi connectivity index (χ1) is 16.2. The Morgan fingerprint density at radius 3 is 2.36 bits per heavy atom. The fourth-order valence-corrected chi connectivity index (χ4v) is 4.90. The SMILES string of the molecule is Fc1ccccc1C1(c2ccc(N3CCOCC3)cc2)C=Cc2c(ccc3ccccc23)O1. The van der Waals surface area contributed by atoms with Gasteiger partial charge in [-0.1, -0.05) is 60.7 Å². The molecule has 2 aliphatic rings. The number of fused-ring (bicyclic) bond motifs is 3. The van der Waals surface area contributed by atoms with Crippen LogP contribution in [0, 0.1) is 5.82 Å². The van der Waals surface area contributed by atoms with Gasteiger partial charge in [-0.3, -0.25) is 0 Å². The van der Waals surface area contributed by atoms with E-state index in [0.29, 0.717) is 5.56 Å². The van der Waals surface area contributed by atoms with Crippen molar-refractivity contribution >= 4 is 22.5 Å². The second-order valence-corrected chi connectivity index (χ2v) is 8.50. The molecule has 2 heterocycles. The molecule has 164 valence electrons. The molecule has 1 fully saturated rings. The van der Waals surface area contributed by atoms with E-state index in [4.69, 9.17) is 9.47 Å². The third kappa shape index (κ3) is 3.38. The molecule has 4 aromatic rings. The smallest absolute Gasteiger partial charge is 0.180 e. The summed E-state index contributed by atoms with van der Waals surface area (Å²) in [4.78, 5) is 2.31. The summed E-state index contributed by atoms with van der Waals surface area (Å²) in [5.41, 5.74) is 2.49. The van der Waals surface area contributed by atoms with Gasteiger partial charge < -0.3 is 14.4 Å². The Labute approximate surface area is 192 Å². The highest BCUT2D eigenvalue weighted by Gasteiger charge is 2.39. The molecule has 6 rings (SSSR count). The highest BCUT2D eigenvalue weighted by Crippen LogP contribution is 2.45. The van der Waals surface area contributed by atoms with Crippen LogP contribution in [0.5, 0.6) is 5.75 Å². The quantitative estimate of drug-likeness (QED) is 0.383. The van der Waals surface area contributed by atoms with Crippen LogP contribution in [-0.4, -0.2) is 26.3 Å². The molecule has 1 unspecified atom stereocenters. The molecule has 0 radical (unpaired) electrons. The minimum absolute atomic E-state index is 0.288. The lowest BCUT2D eigenvalue weighted by atomic mass is 9.82. The molecule has 0 amide bonds. The fourth-order valence-electron chi connectivity index (χ4n) is 4.90.